The first-order chi connectivity index (χ1) is 19.5. The van der Waals surface area contributed by atoms with Gasteiger partial charge in [0.1, 0.15) is 62.9 Å². The third-order valence-corrected chi connectivity index (χ3v) is 6.94. The lowest BCUT2D eigenvalue weighted by atomic mass is 9.79. The first-order valence-corrected chi connectivity index (χ1v) is 12.1. The second-order valence-corrected chi connectivity index (χ2v) is 9.52. The van der Waals surface area contributed by atoms with Gasteiger partial charge in [0.25, 0.3) is 0 Å². The Morgan fingerprint density at radius 2 is 1.37 bits per heavy atom. The molecule has 0 aliphatic carbocycles. The maximum atomic E-state index is 14.1. The van der Waals surface area contributed by atoms with Crippen molar-refractivity contribution in [1.82, 2.24) is 0 Å². The fourth-order valence-corrected chi connectivity index (χ4v) is 5.08. The van der Waals surface area contributed by atoms with Gasteiger partial charge in [0.2, 0.25) is 0 Å². The van der Waals surface area contributed by atoms with Gasteiger partial charge in [0.15, 0.2) is 22.7 Å². The van der Waals surface area contributed by atoms with Crippen LogP contribution in [0.4, 0.5) is 0 Å². The van der Waals surface area contributed by atoms with E-state index in [1.165, 1.54) is 30.3 Å². The number of ketones is 1. The van der Waals surface area contributed by atoms with Crippen molar-refractivity contribution in [3.8, 4) is 57.3 Å². The van der Waals surface area contributed by atoms with Gasteiger partial charge in [-0.1, -0.05) is 6.07 Å². The SMILES string of the molecule is O=C1c2c(O)cc(O)cc2OC(c2ccc(O)c(O)c2)C1c1c(O)cc(O)c2c(=O)cc(-c3ccc(O)cc3)oc12. The van der Waals surface area contributed by atoms with Gasteiger partial charge in [0.05, 0.1) is 11.5 Å². The standard InChI is InChI=1S/C30H20O11/c31-14-4-1-12(2-5-14)22-11-21(38)24-19(36)10-20(37)26(30(24)40-22)27-28(39)25-18(35)8-15(32)9-23(25)41-29(27)13-3-6-16(33)17(34)7-13/h1-11,27,29,31-37H. The van der Waals surface area contributed by atoms with E-state index in [1.54, 1.807) is 0 Å². The van der Waals surface area contributed by atoms with Gasteiger partial charge in [0, 0.05) is 29.8 Å². The first-order valence-electron chi connectivity index (χ1n) is 12.1. The van der Waals surface area contributed by atoms with Crippen LogP contribution in [0, 0.1) is 0 Å². The van der Waals surface area contributed by atoms with Crippen LogP contribution >= 0.6 is 0 Å². The van der Waals surface area contributed by atoms with E-state index in [4.69, 9.17) is 9.15 Å². The number of phenolic OH excluding ortho intramolecular Hbond substituents is 7. The number of benzene rings is 4. The summed E-state index contributed by atoms with van der Waals surface area (Å²) in [5.41, 5.74) is -1.15. The largest absolute Gasteiger partial charge is 0.508 e. The van der Waals surface area contributed by atoms with E-state index < -0.39 is 57.7 Å². The highest BCUT2D eigenvalue weighted by molar-refractivity contribution is 6.09. The summed E-state index contributed by atoms with van der Waals surface area (Å²) in [6.07, 6.45) is -1.36. The van der Waals surface area contributed by atoms with Crippen LogP contribution in [-0.4, -0.2) is 41.5 Å². The first kappa shape index (κ1) is 25.4. The number of hydrogen-bond donors (Lipinski definition) is 7. The summed E-state index contributed by atoms with van der Waals surface area (Å²) in [4.78, 5) is 27.3. The summed E-state index contributed by atoms with van der Waals surface area (Å²) in [5.74, 6) is -5.86. The molecule has 2 unspecified atom stereocenters. The molecule has 7 N–H and O–H groups in total. The molecule has 0 spiro atoms. The summed E-state index contributed by atoms with van der Waals surface area (Å²) in [7, 11) is 0. The van der Waals surface area contributed by atoms with Gasteiger partial charge in [-0.2, -0.15) is 0 Å². The Morgan fingerprint density at radius 3 is 2.07 bits per heavy atom. The summed E-state index contributed by atoms with van der Waals surface area (Å²) >= 11 is 0. The predicted octanol–water partition coefficient (Wildman–Crippen LogP) is 4.50. The molecule has 1 aliphatic heterocycles. The van der Waals surface area contributed by atoms with E-state index in [1.807, 2.05) is 0 Å². The molecule has 0 saturated heterocycles. The molecule has 0 radical (unpaired) electrons. The lowest BCUT2D eigenvalue weighted by Crippen LogP contribution is -2.30. The molecule has 11 nitrogen and oxygen atoms in total. The summed E-state index contributed by atoms with van der Waals surface area (Å²) in [6, 6.07) is 13.3. The zero-order valence-electron chi connectivity index (χ0n) is 20.8. The fourth-order valence-electron chi connectivity index (χ4n) is 5.08. The molecule has 6 rings (SSSR count). The van der Waals surface area contributed by atoms with Gasteiger partial charge in [-0.3, -0.25) is 9.59 Å². The zero-order valence-corrected chi connectivity index (χ0v) is 20.8. The summed E-state index contributed by atoms with van der Waals surface area (Å²) in [5, 5.41) is 71.7. The second kappa shape index (κ2) is 9.12. The van der Waals surface area contributed by atoms with Crippen molar-refractivity contribution >= 4 is 16.8 Å². The van der Waals surface area contributed by atoms with Crippen molar-refractivity contribution in [2.24, 2.45) is 0 Å². The van der Waals surface area contributed by atoms with Gasteiger partial charge in [-0.25, -0.2) is 0 Å². The lowest BCUT2D eigenvalue weighted by Gasteiger charge is -2.34. The Hall–Kier alpha value is -5.84. The fraction of sp³-hybridized carbons (Fsp3) is 0.0667. The Bertz CT molecular complexity index is 1940. The summed E-state index contributed by atoms with van der Waals surface area (Å²) in [6.45, 7) is 0. The maximum Gasteiger partial charge on any atom is 0.197 e. The smallest absolute Gasteiger partial charge is 0.197 e. The molecule has 2 heterocycles. The van der Waals surface area contributed by atoms with Crippen LogP contribution in [0.5, 0.6) is 46.0 Å². The van der Waals surface area contributed by atoms with E-state index in [-0.39, 0.29) is 44.9 Å². The normalized spacial score (nSPS) is 16.3. The molecule has 5 aromatic rings. The maximum absolute atomic E-state index is 14.1. The van der Waals surface area contributed by atoms with Crippen LogP contribution in [0.25, 0.3) is 22.3 Å². The average molecular weight is 556 g/mol. The third-order valence-electron chi connectivity index (χ3n) is 6.94. The van der Waals surface area contributed by atoms with Gasteiger partial charge < -0.3 is 44.9 Å². The number of ether oxygens (including phenoxy) is 1. The Labute approximate surface area is 229 Å². The molecular weight excluding hydrogens is 536 g/mol. The molecule has 4 aromatic carbocycles. The number of carbonyl (C=O) groups is 1. The van der Waals surface area contributed by atoms with Crippen LogP contribution < -0.4 is 10.2 Å². The number of carbonyl (C=O) groups excluding carboxylic acids is 1. The Morgan fingerprint density at radius 1 is 0.634 bits per heavy atom. The lowest BCUT2D eigenvalue weighted by molar-refractivity contribution is 0.0772. The number of Topliss-reactive ketones (excluding diaryl/α,β-unsaturated/α-hetero) is 1. The van der Waals surface area contributed by atoms with Crippen molar-refractivity contribution in [3.05, 3.63) is 93.6 Å². The molecule has 206 valence electrons. The Kier molecular flexibility index (Phi) is 5.66. The number of hydrogen-bond acceptors (Lipinski definition) is 11. The minimum atomic E-state index is -1.54. The quantitative estimate of drug-likeness (QED) is 0.154. The van der Waals surface area contributed by atoms with Crippen molar-refractivity contribution in [1.29, 1.82) is 0 Å². The van der Waals surface area contributed by atoms with E-state index in [0.29, 0.717) is 5.56 Å². The number of aromatic hydroxyl groups is 7. The van der Waals surface area contributed by atoms with Gasteiger partial charge in [-0.15, -0.1) is 0 Å². The van der Waals surface area contributed by atoms with Gasteiger partial charge >= 0.3 is 0 Å². The molecule has 11 heteroatoms. The minimum Gasteiger partial charge on any atom is -0.508 e. The monoisotopic (exact) mass is 556 g/mol. The highest BCUT2D eigenvalue weighted by atomic mass is 16.5. The van der Waals surface area contributed by atoms with Crippen molar-refractivity contribution < 1.29 is 49.7 Å². The molecule has 0 saturated carbocycles. The molecule has 0 fully saturated rings. The van der Waals surface area contributed by atoms with Crippen LogP contribution in [0.1, 0.15) is 33.5 Å². The van der Waals surface area contributed by atoms with E-state index in [9.17, 15) is 45.3 Å². The topological polar surface area (TPSA) is 198 Å². The third kappa shape index (κ3) is 4.07. The minimum absolute atomic E-state index is 0.00933. The van der Waals surface area contributed by atoms with E-state index in [0.717, 1.165) is 36.4 Å². The molecular formula is C30H20O11. The highest BCUT2D eigenvalue weighted by Gasteiger charge is 2.44. The molecule has 0 bridgehead atoms. The predicted molar refractivity (Wildman–Crippen MR) is 143 cm³/mol. The van der Waals surface area contributed by atoms with Crippen LogP contribution in [0.15, 0.2) is 75.9 Å². The Balaban J connectivity index is 1.67. The van der Waals surface area contributed by atoms with Crippen LogP contribution in [0.3, 0.4) is 0 Å². The number of rotatable bonds is 3. The van der Waals surface area contributed by atoms with E-state index in [2.05, 4.69) is 0 Å². The van der Waals surface area contributed by atoms with Crippen molar-refractivity contribution in [3.63, 3.8) is 0 Å². The molecule has 41 heavy (non-hydrogen) atoms. The molecule has 0 amide bonds. The van der Waals surface area contributed by atoms with Crippen LogP contribution in [0.2, 0.25) is 0 Å². The van der Waals surface area contributed by atoms with E-state index >= 15 is 0 Å². The molecule has 2 atom stereocenters. The van der Waals surface area contributed by atoms with Gasteiger partial charge in [-0.05, 0) is 42.0 Å². The highest BCUT2D eigenvalue weighted by Crippen LogP contribution is 2.52. The van der Waals surface area contributed by atoms with Crippen LogP contribution in [-0.2, 0) is 0 Å². The number of phenols is 7. The second-order valence-electron chi connectivity index (χ2n) is 9.52. The average Bonchev–Trinajstić information content (AvgIpc) is 2.90. The van der Waals surface area contributed by atoms with Crippen molar-refractivity contribution in [2.75, 3.05) is 0 Å². The molecule has 1 aromatic heterocycles. The number of fused-ring (bicyclic) bond motifs is 2. The molecule has 1 aliphatic rings. The zero-order chi connectivity index (χ0) is 29.2. The van der Waals surface area contributed by atoms with Crippen molar-refractivity contribution in [2.45, 2.75) is 12.0 Å². The summed E-state index contributed by atoms with van der Waals surface area (Å²) < 4.78 is 12.1.